The third kappa shape index (κ3) is 4.30. The van der Waals surface area contributed by atoms with Gasteiger partial charge in [0.25, 0.3) is 0 Å². The monoisotopic (exact) mass is 353 g/mol. The molecule has 1 aromatic carbocycles. The summed E-state index contributed by atoms with van der Waals surface area (Å²) in [5.74, 6) is 0. The Labute approximate surface area is 133 Å². The zero-order chi connectivity index (χ0) is 14.5. The Morgan fingerprint density at radius 1 is 1.40 bits per heavy atom. The van der Waals surface area contributed by atoms with Gasteiger partial charge >= 0.3 is 0 Å². The maximum atomic E-state index is 4.36. The van der Waals surface area contributed by atoms with E-state index in [9.17, 15) is 0 Å². The highest BCUT2D eigenvalue weighted by Gasteiger charge is 2.10. The second-order valence-electron chi connectivity index (χ2n) is 5.14. The van der Waals surface area contributed by atoms with Crippen LogP contribution in [0.15, 0.2) is 33.6 Å². The van der Waals surface area contributed by atoms with Gasteiger partial charge in [0.15, 0.2) is 0 Å². The lowest BCUT2D eigenvalue weighted by Crippen LogP contribution is -2.24. The number of hydrogen-bond acceptors (Lipinski definition) is 4. The molecule has 0 aliphatic rings. The summed E-state index contributed by atoms with van der Waals surface area (Å²) >= 11 is 5.20. The molecule has 1 heterocycles. The quantitative estimate of drug-likeness (QED) is 0.849. The van der Waals surface area contributed by atoms with Crippen molar-refractivity contribution >= 4 is 33.0 Å². The summed E-state index contributed by atoms with van der Waals surface area (Å²) in [5, 5.41) is 5.58. The van der Waals surface area contributed by atoms with Crippen LogP contribution < -0.4 is 10.2 Å². The molecule has 0 saturated carbocycles. The first-order valence-corrected chi connectivity index (χ1v) is 8.40. The van der Waals surface area contributed by atoms with Crippen molar-refractivity contribution in [1.29, 1.82) is 0 Å². The number of nitrogens with one attached hydrogen (secondary N) is 1. The van der Waals surface area contributed by atoms with Crippen LogP contribution in [-0.2, 0) is 13.1 Å². The molecule has 0 atom stereocenters. The topological polar surface area (TPSA) is 28.2 Å². The minimum absolute atomic E-state index is 0.477. The Morgan fingerprint density at radius 2 is 2.20 bits per heavy atom. The Hall–Kier alpha value is -0.910. The van der Waals surface area contributed by atoms with Gasteiger partial charge in [0, 0.05) is 35.2 Å². The Morgan fingerprint density at radius 3 is 2.85 bits per heavy atom. The largest absolute Gasteiger partial charge is 0.368 e. The van der Waals surface area contributed by atoms with E-state index in [0.29, 0.717) is 6.04 Å². The van der Waals surface area contributed by atoms with Gasteiger partial charge in [-0.3, -0.25) is 0 Å². The fourth-order valence-electron chi connectivity index (χ4n) is 2.03. The molecule has 108 valence electrons. The van der Waals surface area contributed by atoms with Crippen molar-refractivity contribution in [2.45, 2.75) is 33.0 Å². The average molecular weight is 354 g/mol. The van der Waals surface area contributed by atoms with Gasteiger partial charge in [-0.15, -0.1) is 11.3 Å². The van der Waals surface area contributed by atoms with Crippen molar-refractivity contribution in [1.82, 2.24) is 10.3 Å². The lowest BCUT2D eigenvalue weighted by atomic mass is 10.1. The number of nitrogens with zero attached hydrogens (tertiary/aromatic N) is 2. The summed E-state index contributed by atoms with van der Waals surface area (Å²) in [4.78, 5) is 6.60. The van der Waals surface area contributed by atoms with Gasteiger partial charge in [-0.2, -0.15) is 0 Å². The molecule has 5 heteroatoms. The predicted octanol–water partition coefficient (Wildman–Crippen LogP) is 4.04. The van der Waals surface area contributed by atoms with Crippen molar-refractivity contribution in [3.05, 3.63) is 44.8 Å². The smallest absolute Gasteiger partial charge is 0.0795 e. The molecule has 3 nitrogen and oxygen atoms in total. The van der Waals surface area contributed by atoms with Gasteiger partial charge in [-0.1, -0.05) is 29.8 Å². The SMILES string of the molecule is CC(C)NCc1cc(Br)ccc1N(C)Cc1cscn1. The third-order valence-electron chi connectivity index (χ3n) is 3.04. The van der Waals surface area contributed by atoms with Crippen molar-refractivity contribution < 1.29 is 0 Å². The van der Waals surface area contributed by atoms with Crippen molar-refractivity contribution in [3.8, 4) is 0 Å². The third-order valence-corrected chi connectivity index (χ3v) is 4.16. The standard InChI is InChI=1S/C15H20BrN3S/c1-11(2)17-7-12-6-13(16)4-5-15(12)19(3)8-14-9-20-10-18-14/h4-6,9-11,17H,7-8H2,1-3H3. The zero-order valence-electron chi connectivity index (χ0n) is 12.1. The minimum Gasteiger partial charge on any atom is -0.368 e. The van der Waals surface area contributed by atoms with Crippen LogP contribution in [0.3, 0.4) is 0 Å². The zero-order valence-corrected chi connectivity index (χ0v) is 14.5. The summed E-state index contributed by atoms with van der Waals surface area (Å²) in [7, 11) is 2.11. The van der Waals surface area contributed by atoms with Crippen molar-refractivity contribution in [3.63, 3.8) is 0 Å². The van der Waals surface area contributed by atoms with Crippen molar-refractivity contribution in [2.75, 3.05) is 11.9 Å². The van der Waals surface area contributed by atoms with Gasteiger partial charge < -0.3 is 10.2 Å². The second kappa shape index (κ2) is 7.20. The first kappa shape index (κ1) is 15.5. The lowest BCUT2D eigenvalue weighted by molar-refractivity contribution is 0.588. The normalized spacial score (nSPS) is 11.1. The fourth-order valence-corrected chi connectivity index (χ4v) is 2.98. The number of hydrogen-bond donors (Lipinski definition) is 1. The number of thiazole rings is 1. The van der Waals surface area contributed by atoms with Crippen LogP contribution >= 0.6 is 27.3 Å². The second-order valence-corrected chi connectivity index (χ2v) is 6.78. The van der Waals surface area contributed by atoms with Gasteiger partial charge in [0.2, 0.25) is 0 Å². The maximum Gasteiger partial charge on any atom is 0.0795 e. The van der Waals surface area contributed by atoms with Gasteiger partial charge in [0.1, 0.15) is 0 Å². The number of rotatable bonds is 6. The van der Waals surface area contributed by atoms with Crippen LogP contribution in [0.5, 0.6) is 0 Å². The fraction of sp³-hybridized carbons (Fsp3) is 0.400. The van der Waals surface area contributed by atoms with Crippen LogP contribution in [0.4, 0.5) is 5.69 Å². The van der Waals surface area contributed by atoms with E-state index in [1.807, 2.05) is 5.51 Å². The predicted molar refractivity (Wildman–Crippen MR) is 90.3 cm³/mol. The molecule has 0 radical (unpaired) electrons. The van der Waals surface area contributed by atoms with Crippen LogP contribution in [0, 0.1) is 0 Å². The molecule has 2 aromatic rings. The van der Waals surface area contributed by atoms with Crippen LogP contribution in [0.2, 0.25) is 0 Å². The highest BCUT2D eigenvalue weighted by molar-refractivity contribution is 9.10. The average Bonchev–Trinajstić information content (AvgIpc) is 2.89. The van der Waals surface area contributed by atoms with Crippen LogP contribution in [-0.4, -0.2) is 18.1 Å². The summed E-state index contributed by atoms with van der Waals surface area (Å²) in [6.45, 7) is 6.03. The van der Waals surface area contributed by atoms with E-state index in [2.05, 4.69) is 75.6 Å². The molecule has 2 rings (SSSR count). The summed E-state index contributed by atoms with van der Waals surface area (Å²) < 4.78 is 1.11. The summed E-state index contributed by atoms with van der Waals surface area (Å²) in [6, 6.07) is 6.91. The number of aromatic nitrogens is 1. The first-order chi connectivity index (χ1) is 9.56. The molecular weight excluding hydrogens is 334 g/mol. The first-order valence-electron chi connectivity index (χ1n) is 6.66. The molecule has 0 saturated heterocycles. The number of halogens is 1. The summed E-state index contributed by atoms with van der Waals surface area (Å²) in [6.07, 6.45) is 0. The van der Waals surface area contributed by atoms with E-state index in [1.165, 1.54) is 11.3 Å². The molecule has 1 aromatic heterocycles. The number of anilines is 1. The Balaban J connectivity index is 2.16. The Kier molecular flexibility index (Phi) is 5.57. The Bertz CT molecular complexity index is 540. The molecule has 1 N–H and O–H groups in total. The molecule has 0 unspecified atom stereocenters. The molecule has 20 heavy (non-hydrogen) atoms. The maximum absolute atomic E-state index is 4.36. The lowest BCUT2D eigenvalue weighted by Gasteiger charge is -2.22. The molecule has 0 fully saturated rings. The molecule has 0 aliphatic carbocycles. The van der Waals surface area contributed by atoms with E-state index >= 15 is 0 Å². The number of benzene rings is 1. The molecule has 0 bridgehead atoms. The highest BCUT2D eigenvalue weighted by Crippen LogP contribution is 2.25. The molecule has 0 aliphatic heterocycles. The minimum atomic E-state index is 0.477. The van der Waals surface area contributed by atoms with E-state index in [-0.39, 0.29) is 0 Å². The van der Waals surface area contributed by atoms with E-state index in [4.69, 9.17) is 0 Å². The molecular formula is C15H20BrN3S. The highest BCUT2D eigenvalue weighted by atomic mass is 79.9. The van der Waals surface area contributed by atoms with E-state index in [1.54, 1.807) is 11.3 Å². The molecule has 0 spiro atoms. The molecule has 0 amide bonds. The summed E-state index contributed by atoms with van der Waals surface area (Å²) in [5.41, 5.74) is 5.54. The van der Waals surface area contributed by atoms with E-state index in [0.717, 1.165) is 23.3 Å². The van der Waals surface area contributed by atoms with Crippen molar-refractivity contribution in [2.24, 2.45) is 0 Å². The van der Waals surface area contributed by atoms with Gasteiger partial charge in [-0.25, -0.2) is 4.98 Å². The van der Waals surface area contributed by atoms with Gasteiger partial charge in [-0.05, 0) is 23.8 Å². The van der Waals surface area contributed by atoms with Crippen LogP contribution in [0.1, 0.15) is 25.1 Å². The van der Waals surface area contributed by atoms with Gasteiger partial charge in [0.05, 0.1) is 17.7 Å². The van der Waals surface area contributed by atoms with E-state index < -0.39 is 0 Å². The van der Waals surface area contributed by atoms with Crippen LogP contribution in [0.25, 0.3) is 0 Å².